The van der Waals surface area contributed by atoms with Crippen molar-refractivity contribution in [2.45, 2.75) is 43.7 Å². The molecular formula is C18H27N3O4S. The minimum atomic E-state index is -3.67. The Hall–Kier alpha value is -1.64. The Kier molecular flexibility index (Phi) is 5.55. The Labute approximate surface area is 155 Å². The number of hydrogen-bond donors (Lipinski definition) is 1. The number of hydrogen-bond acceptors (Lipinski definition) is 5. The zero-order valence-corrected chi connectivity index (χ0v) is 16.4. The summed E-state index contributed by atoms with van der Waals surface area (Å²) < 4.78 is 32.7. The first-order valence-corrected chi connectivity index (χ1v) is 10.5. The van der Waals surface area contributed by atoms with Crippen LogP contribution in [-0.2, 0) is 10.0 Å². The summed E-state index contributed by atoms with van der Waals surface area (Å²) in [7, 11) is -2.22. The van der Waals surface area contributed by atoms with Gasteiger partial charge in [-0.3, -0.25) is 4.79 Å². The monoisotopic (exact) mass is 381 g/mol. The minimum absolute atomic E-state index is 0.0389. The highest BCUT2D eigenvalue weighted by Gasteiger charge is 2.33. The van der Waals surface area contributed by atoms with Crippen molar-refractivity contribution in [3.05, 3.63) is 23.8 Å². The van der Waals surface area contributed by atoms with Crippen molar-refractivity contribution < 1.29 is 17.9 Å². The molecule has 2 unspecified atom stereocenters. The third kappa shape index (κ3) is 3.45. The van der Waals surface area contributed by atoms with Crippen LogP contribution in [0.5, 0.6) is 5.75 Å². The predicted octanol–water partition coefficient (Wildman–Crippen LogP) is 1.30. The van der Waals surface area contributed by atoms with Crippen LogP contribution in [-0.4, -0.2) is 68.9 Å². The number of rotatable bonds is 4. The van der Waals surface area contributed by atoms with Gasteiger partial charge in [-0.15, -0.1) is 0 Å². The van der Waals surface area contributed by atoms with E-state index in [9.17, 15) is 13.2 Å². The fourth-order valence-electron chi connectivity index (χ4n) is 3.59. The predicted molar refractivity (Wildman–Crippen MR) is 99.0 cm³/mol. The van der Waals surface area contributed by atoms with Gasteiger partial charge < -0.3 is 15.0 Å². The average molecular weight is 381 g/mol. The van der Waals surface area contributed by atoms with Crippen molar-refractivity contribution in [1.29, 1.82) is 0 Å². The van der Waals surface area contributed by atoms with Crippen molar-refractivity contribution >= 4 is 15.9 Å². The van der Waals surface area contributed by atoms with Gasteiger partial charge in [0.2, 0.25) is 10.0 Å². The summed E-state index contributed by atoms with van der Waals surface area (Å²) in [5.41, 5.74) is 0.379. The van der Waals surface area contributed by atoms with Crippen LogP contribution >= 0.6 is 0 Å². The Balaban J connectivity index is 1.96. The summed E-state index contributed by atoms with van der Waals surface area (Å²) in [4.78, 5) is 14.9. The van der Waals surface area contributed by atoms with Crippen LogP contribution in [0.3, 0.4) is 0 Å². The fraction of sp³-hybridized carbons (Fsp3) is 0.611. The summed E-state index contributed by atoms with van der Waals surface area (Å²) in [5.74, 6) is 0.126. The summed E-state index contributed by atoms with van der Waals surface area (Å²) in [6, 6.07) is 4.92. The molecule has 0 radical (unpaired) electrons. The zero-order chi connectivity index (χ0) is 18.9. The molecule has 8 heteroatoms. The molecule has 1 N–H and O–H groups in total. The highest BCUT2D eigenvalue weighted by atomic mass is 32.2. The molecule has 1 aromatic rings. The topological polar surface area (TPSA) is 79.0 Å². The maximum Gasteiger partial charge on any atom is 0.254 e. The SMILES string of the molecule is COc1ccc(C(=O)N2CCNC(C)C2C)cc1S(=O)(=O)N1CCCC1. The van der Waals surface area contributed by atoms with Crippen molar-refractivity contribution in [3.63, 3.8) is 0 Å². The molecule has 0 spiro atoms. The lowest BCUT2D eigenvalue weighted by Crippen LogP contribution is -2.57. The van der Waals surface area contributed by atoms with Crippen LogP contribution in [0.1, 0.15) is 37.0 Å². The minimum Gasteiger partial charge on any atom is -0.495 e. The van der Waals surface area contributed by atoms with E-state index in [-0.39, 0.29) is 28.6 Å². The van der Waals surface area contributed by atoms with Crippen molar-refractivity contribution in [3.8, 4) is 5.75 Å². The Morgan fingerprint density at radius 3 is 2.54 bits per heavy atom. The molecule has 2 atom stereocenters. The molecule has 2 aliphatic rings. The summed E-state index contributed by atoms with van der Waals surface area (Å²) in [6.45, 7) is 6.39. The highest BCUT2D eigenvalue weighted by Crippen LogP contribution is 2.30. The quantitative estimate of drug-likeness (QED) is 0.851. The molecule has 26 heavy (non-hydrogen) atoms. The first kappa shape index (κ1) is 19.1. The van der Waals surface area contributed by atoms with E-state index in [0.717, 1.165) is 19.4 Å². The summed E-state index contributed by atoms with van der Waals surface area (Å²) >= 11 is 0. The number of carbonyl (C=O) groups is 1. The normalized spacial score (nSPS) is 24.7. The number of amides is 1. The fourth-order valence-corrected chi connectivity index (χ4v) is 5.29. The molecule has 2 aliphatic heterocycles. The van der Waals surface area contributed by atoms with Gasteiger partial charge in [-0.1, -0.05) is 0 Å². The molecule has 7 nitrogen and oxygen atoms in total. The second-order valence-corrected chi connectivity index (χ2v) is 8.87. The number of piperazine rings is 1. The standard InChI is InChI=1S/C18H27N3O4S/c1-13-14(2)21(11-8-19-13)18(22)15-6-7-16(25-3)17(12-15)26(23,24)20-9-4-5-10-20/h6-7,12-14,19H,4-5,8-11H2,1-3H3. The van der Waals surface area contributed by atoms with E-state index in [1.807, 2.05) is 13.8 Å². The smallest absolute Gasteiger partial charge is 0.254 e. The number of nitrogens with one attached hydrogen (secondary N) is 1. The molecule has 0 saturated carbocycles. The number of methoxy groups -OCH3 is 1. The molecule has 2 saturated heterocycles. The van der Waals surface area contributed by atoms with E-state index >= 15 is 0 Å². The molecule has 2 fully saturated rings. The lowest BCUT2D eigenvalue weighted by molar-refractivity contribution is 0.0602. The molecule has 0 aliphatic carbocycles. The van der Waals surface area contributed by atoms with Crippen LogP contribution in [0.15, 0.2) is 23.1 Å². The maximum atomic E-state index is 13.0. The Bertz CT molecular complexity index is 775. The van der Waals surface area contributed by atoms with Crippen molar-refractivity contribution in [2.24, 2.45) is 0 Å². The van der Waals surface area contributed by atoms with E-state index in [1.165, 1.54) is 17.5 Å². The van der Waals surface area contributed by atoms with Gasteiger partial charge in [0.05, 0.1) is 7.11 Å². The molecule has 2 heterocycles. The number of nitrogens with zero attached hydrogens (tertiary/aromatic N) is 2. The number of sulfonamides is 1. The lowest BCUT2D eigenvalue weighted by Gasteiger charge is -2.38. The van der Waals surface area contributed by atoms with Crippen LogP contribution in [0, 0.1) is 0 Å². The van der Waals surface area contributed by atoms with Crippen LogP contribution in [0.2, 0.25) is 0 Å². The molecule has 144 valence electrons. The van der Waals surface area contributed by atoms with Gasteiger partial charge in [-0.25, -0.2) is 8.42 Å². The molecule has 0 bridgehead atoms. The van der Waals surface area contributed by atoms with E-state index in [2.05, 4.69) is 5.32 Å². The lowest BCUT2D eigenvalue weighted by atomic mass is 10.1. The number of ether oxygens (including phenoxy) is 1. The van der Waals surface area contributed by atoms with Gasteiger partial charge in [0.1, 0.15) is 10.6 Å². The van der Waals surface area contributed by atoms with Gasteiger partial charge in [0, 0.05) is 43.8 Å². The largest absolute Gasteiger partial charge is 0.495 e. The van der Waals surface area contributed by atoms with Gasteiger partial charge in [0.25, 0.3) is 5.91 Å². The molecule has 3 rings (SSSR count). The summed E-state index contributed by atoms with van der Waals surface area (Å²) in [5, 5.41) is 3.34. The van der Waals surface area contributed by atoms with E-state index < -0.39 is 10.0 Å². The van der Waals surface area contributed by atoms with Crippen LogP contribution in [0.4, 0.5) is 0 Å². The van der Waals surface area contributed by atoms with E-state index in [0.29, 0.717) is 25.2 Å². The van der Waals surface area contributed by atoms with E-state index in [1.54, 1.807) is 17.0 Å². The van der Waals surface area contributed by atoms with Crippen LogP contribution in [0.25, 0.3) is 0 Å². The van der Waals surface area contributed by atoms with Gasteiger partial charge in [0.15, 0.2) is 0 Å². The molecular weight excluding hydrogens is 354 g/mol. The maximum absolute atomic E-state index is 13.0. The molecule has 1 aromatic carbocycles. The van der Waals surface area contributed by atoms with Gasteiger partial charge >= 0.3 is 0 Å². The Morgan fingerprint density at radius 1 is 1.19 bits per heavy atom. The summed E-state index contributed by atoms with van der Waals surface area (Å²) in [6.07, 6.45) is 1.71. The van der Waals surface area contributed by atoms with Gasteiger partial charge in [-0.2, -0.15) is 4.31 Å². The van der Waals surface area contributed by atoms with E-state index in [4.69, 9.17) is 4.74 Å². The van der Waals surface area contributed by atoms with Crippen molar-refractivity contribution in [2.75, 3.05) is 33.3 Å². The molecule has 0 aromatic heterocycles. The third-order valence-corrected chi connectivity index (χ3v) is 7.31. The first-order chi connectivity index (χ1) is 12.4. The highest BCUT2D eigenvalue weighted by molar-refractivity contribution is 7.89. The number of carbonyl (C=O) groups excluding carboxylic acids is 1. The van der Waals surface area contributed by atoms with Crippen molar-refractivity contribution in [1.82, 2.24) is 14.5 Å². The van der Waals surface area contributed by atoms with Crippen LogP contribution < -0.4 is 10.1 Å². The zero-order valence-electron chi connectivity index (χ0n) is 15.6. The number of benzene rings is 1. The third-order valence-electron chi connectivity index (χ3n) is 5.39. The second-order valence-electron chi connectivity index (χ2n) is 6.96. The molecule has 1 amide bonds. The average Bonchev–Trinajstić information content (AvgIpc) is 3.18. The Morgan fingerprint density at radius 2 is 1.88 bits per heavy atom. The second kappa shape index (κ2) is 7.54. The van der Waals surface area contributed by atoms with Gasteiger partial charge in [-0.05, 0) is 44.9 Å². The first-order valence-electron chi connectivity index (χ1n) is 9.09.